The molecular formula is C27H32N4O3. The van der Waals surface area contributed by atoms with Gasteiger partial charge in [0.2, 0.25) is 5.91 Å². The van der Waals surface area contributed by atoms with Gasteiger partial charge in [-0.2, -0.15) is 0 Å². The molecule has 178 valence electrons. The molecule has 2 N–H and O–H groups in total. The molecule has 0 saturated carbocycles. The second-order valence-corrected chi connectivity index (χ2v) is 9.62. The lowest BCUT2D eigenvalue weighted by Gasteiger charge is -2.35. The number of anilines is 1. The number of carbonyl (C=O) groups is 2. The standard InChI is InChI=1S/C27H32N4O3/c1-17-13-18(2)16-31(15-17)27(34)20-12-11-19(3)23(14-20)29-25(32)10-6-9-24-28-22-8-5-4-7-21(22)26(33)30-24/h4-5,7-8,11-12,14,17-18H,6,9-10,13,15-16H2,1-3H3,(H,29,32)(H,28,30,33). The third-order valence-corrected chi connectivity index (χ3v) is 6.39. The van der Waals surface area contributed by atoms with Crippen LogP contribution in [0.2, 0.25) is 0 Å². The summed E-state index contributed by atoms with van der Waals surface area (Å²) in [6.07, 6.45) is 2.47. The van der Waals surface area contributed by atoms with Gasteiger partial charge in [-0.25, -0.2) is 4.98 Å². The van der Waals surface area contributed by atoms with E-state index in [-0.39, 0.29) is 23.8 Å². The number of H-pyrrole nitrogens is 1. The van der Waals surface area contributed by atoms with E-state index in [4.69, 9.17) is 0 Å². The van der Waals surface area contributed by atoms with Gasteiger partial charge in [-0.3, -0.25) is 14.4 Å². The van der Waals surface area contributed by atoms with E-state index in [1.165, 1.54) is 0 Å². The summed E-state index contributed by atoms with van der Waals surface area (Å²) >= 11 is 0. The van der Waals surface area contributed by atoms with Crippen LogP contribution in [0.5, 0.6) is 0 Å². The van der Waals surface area contributed by atoms with Crippen molar-refractivity contribution in [1.29, 1.82) is 0 Å². The number of carbonyl (C=O) groups excluding carboxylic acids is 2. The number of piperidine rings is 1. The highest BCUT2D eigenvalue weighted by Gasteiger charge is 2.26. The van der Waals surface area contributed by atoms with E-state index in [0.717, 1.165) is 25.1 Å². The van der Waals surface area contributed by atoms with E-state index in [9.17, 15) is 14.4 Å². The molecule has 7 nitrogen and oxygen atoms in total. The van der Waals surface area contributed by atoms with Gasteiger partial charge in [0.15, 0.2) is 0 Å². The van der Waals surface area contributed by atoms with E-state index < -0.39 is 0 Å². The number of para-hydroxylation sites is 1. The van der Waals surface area contributed by atoms with Gasteiger partial charge in [-0.15, -0.1) is 0 Å². The van der Waals surface area contributed by atoms with E-state index >= 15 is 0 Å². The first-order valence-electron chi connectivity index (χ1n) is 12.0. The van der Waals surface area contributed by atoms with Gasteiger partial charge in [-0.05, 0) is 61.4 Å². The lowest BCUT2D eigenvalue weighted by Crippen LogP contribution is -2.42. The van der Waals surface area contributed by atoms with E-state index in [1.807, 2.05) is 36.1 Å². The minimum Gasteiger partial charge on any atom is -0.338 e. The molecule has 1 saturated heterocycles. The zero-order valence-electron chi connectivity index (χ0n) is 20.1. The molecule has 2 atom stereocenters. The van der Waals surface area contributed by atoms with Gasteiger partial charge in [0.25, 0.3) is 11.5 Å². The molecule has 2 aromatic carbocycles. The van der Waals surface area contributed by atoms with Crippen molar-refractivity contribution in [2.45, 2.75) is 46.5 Å². The van der Waals surface area contributed by atoms with E-state index in [2.05, 4.69) is 29.1 Å². The first-order chi connectivity index (χ1) is 16.3. The van der Waals surface area contributed by atoms with Crippen LogP contribution in [0.15, 0.2) is 47.3 Å². The number of aromatic nitrogens is 2. The molecule has 1 aromatic heterocycles. The van der Waals surface area contributed by atoms with Crippen molar-refractivity contribution in [2.75, 3.05) is 18.4 Å². The SMILES string of the molecule is Cc1ccc(C(=O)N2CC(C)CC(C)C2)cc1NC(=O)CCCc1nc2ccccc2c(=O)[nH]1. The fraction of sp³-hybridized carbons (Fsp3) is 0.407. The first-order valence-corrected chi connectivity index (χ1v) is 12.0. The highest BCUT2D eigenvalue weighted by molar-refractivity contribution is 5.97. The van der Waals surface area contributed by atoms with Crippen LogP contribution in [-0.4, -0.2) is 39.8 Å². The minimum atomic E-state index is -0.167. The van der Waals surface area contributed by atoms with Crippen LogP contribution < -0.4 is 10.9 Å². The number of aromatic amines is 1. The van der Waals surface area contributed by atoms with Crippen LogP contribution in [0.1, 0.15) is 54.9 Å². The maximum Gasteiger partial charge on any atom is 0.258 e. The summed E-state index contributed by atoms with van der Waals surface area (Å²) < 4.78 is 0. The molecule has 2 unspecified atom stereocenters. The van der Waals surface area contributed by atoms with Crippen molar-refractivity contribution in [3.05, 3.63) is 69.8 Å². The van der Waals surface area contributed by atoms with Gasteiger partial charge >= 0.3 is 0 Å². The summed E-state index contributed by atoms with van der Waals surface area (Å²) in [5, 5.41) is 3.51. The fourth-order valence-corrected chi connectivity index (χ4v) is 4.78. The second-order valence-electron chi connectivity index (χ2n) is 9.62. The summed E-state index contributed by atoms with van der Waals surface area (Å²) in [5.74, 6) is 1.44. The number of nitrogens with zero attached hydrogens (tertiary/aromatic N) is 2. The number of hydrogen-bond acceptors (Lipinski definition) is 4. The molecule has 0 bridgehead atoms. The molecule has 0 spiro atoms. The third-order valence-electron chi connectivity index (χ3n) is 6.39. The number of amides is 2. The summed E-state index contributed by atoms with van der Waals surface area (Å²) in [6.45, 7) is 7.81. The van der Waals surface area contributed by atoms with Gasteiger partial charge in [0, 0.05) is 37.2 Å². The molecule has 1 aliphatic heterocycles. The Morgan fingerprint density at radius 1 is 1.12 bits per heavy atom. The molecule has 0 radical (unpaired) electrons. The zero-order valence-corrected chi connectivity index (χ0v) is 20.1. The Bertz CT molecular complexity index is 1260. The quantitative estimate of drug-likeness (QED) is 0.573. The lowest BCUT2D eigenvalue weighted by atomic mass is 9.91. The average Bonchev–Trinajstić information content (AvgIpc) is 2.79. The highest BCUT2D eigenvalue weighted by atomic mass is 16.2. The summed E-state index contributed by atoms with van der Waals surface area (Å²) in [7, 11) is 0. The Morgan fingerprint density at radius 2 is 1.85 bits per heavy atom. The lowest BCUT2D eigenvalue weighted by molar-refractivity contribution is -0.116. The number of benzene rings is 2. The summed E-state index contributed by atoms with van der Waals surface area (Å²) in [5.41, 5.74) is 2.65. The van der Waals surface area contributed by atoms with Crippen LogP contribution in [-0.2, 0) is 11.2 Å². The normalized spacial score (nSPS) is 18.1. The summed E-state index contributed by atoms with van der Waals surface area (Å²) in [4.78, 5) is 47.1. The van der Waals surface area contributed by atoms with Crippen molar-refractivity contribution in [2.24, 2.45) is 11.8 Å². The molecular weight excluding hydrogens is 428 g/mol. The van der Waals surface area contributed by atoms with Gasteiger partial charge in [-0.1, -0.05) is 32.0 Å². The Kier molecular flexibility index (Phi) is 7.10. The van der Waals surface area contributed by atoms with Gasteiger partial charge in [0.05, 0.1) is 10.9 Å². The van der Waals surface area contributed by atoms with Crippen molar-refractivity contribution >= 4 is 28.4 Å². The van der Waals surface area contributed by atoms with E-state index in [1.54, 1.807) is 18.2 Å². The van der Waals surface area contributed by atoms with Crippen molar-refractivity contribution < 1.29 is 9.59 Å². The predicted molar refractivity (Wildman–Crippen MR) is 134 cm³/mol. The smallest absolute Gasteiger partial charge is 0.258 e. The number of aryl methyl sites for hydroxylation is 2. The fourth-order valence-electron chi connectivity index (χ4n) is 4.78. The summed E-state index contributed by atoms with van der Waals surface area (Å²) in [6, 6.07) is 12.7. The number of likely N-dealkylation sites (tertiary alicyclic amines) is 1. The molecule has 2 heterocycles. The average molecular weight is 461 g/mol. The van der Waals surface area contributed by atoms with Crippen LogP contribution in [0.4, 0.5) is 5.69 Å². The maximum atomic E-state index is 13.1. The molecule has 4 rings (SSSR count). The van der Waals surface area contributed by atoms with Crippen LogP contribution in [0.3, 0.4) is 0 Å². The first kappa shape index (κ1) is 23.7. The van der Waals surface area contributed by atoms with Gasteiger partial charge < -0.3 is 15.2 Å². The highest BCUT2D eigenvalue weighted by Crippen LogP contribution is 2.24. The number of fused-ring (bicyclic) bond motifs is 1. The van der Waals surface area contributed by atoms with Crippen molar-refractivity contribution in [1.82, 2.24) is 14.9 Å². The number of rotatable bonds is 6. The molecule has 7 heteroatoms. The second kappa shape index (κ2) is 10.2. The Labute approximate surface area is 199 Å². The van der Waals surface area contributed by atoms with Crippen LogP contribution in [0, 0.1) is 18.8 Å². The third kappa shape index (κ3) is 5.53. The number of hydrogen-bond donors (Lipinski definition) is 2. The Hall–Kier alpha value is -3.48. The molecule has 1 fully saturated rings. The molecule has 0 aliphatic carbocycles. The minimum absolute atomic E-state index is 0.0141. The molecule has 1 aliphatic rings. The Balaban J connectivity index is 1.36. The number of nitrogens with one attached hydrogen (secondary N) is 2. The Morgan fingerprint density at radius 3 is 2.62 bits per heavy atom. The molecule has 2 amide bonds. The molecule has 34 heavy (non-hydrogen) atoms. The largest absolute Gasteiger partial charge is 0.338 e. The van der Waals surface area contributed by atoms with Crippen molar-refractivity contribution in [3.63, 3.8) is 0 Å². The van der Waals surface area contributed by atoms with Crippen molar-refractivity contribution in [3.8, 4) is 0 Å². The van der Waals surface area contributed by atoms with E-state index in [0.29, 0.717) is 52.7 Å². The monoisotopic (exact) mass is 460 g/mol. The van der Waals surface area contributed by atoms with Crippen LogP contribution >= 0.6 is 0 Å². The topological polar surface area (TPSA) is 95.2 Å². The molecule has 3 aromatic rings. The maximum absolute atomic E-state index is 13.1. The van der Waals surface area contributed by atoms with Crippen LogP contribution in [0.25, 0.3) is 10.9 Å². The van der Waals surface area contributed by atoms with Gasteiger partial charge in [0.1, 0.15) is 5.82 Å². The predicted octanol–water partition coefficient (Wildman–Crippen LogP) is 4.31. The zero-order chi connectivity index (χ0) is 24.2.